The van der Waals surface area contributed by atoms with E-state index in [4.69, 9.17) is 13.8 Å². The molecular weight excluding hydrogens is 331 g/mol. The minimum absolute atomic E-state index is 0.00862. The molecule has 0 aliphatic heterocycles. The predicted molar refractivity (Wildman–Crippen MR) is 106 cm³/mol. The van der Waals surface area contributed by atoms with E-state index in [1.165, 1.54) is 33.4 Å². The van der Waals surface area contributed by atoms with Crippen LogP contribution in [0.15, 0.2) is 24.3 Å². The van der Waals surface area contributed by atoms with Gasteiger partial charge in [0, 0.05) is 13.5 Å². The summed E-state index contributed by atoms with van der Waals surface area (Å²) in [6, 6.07) is 8.80. The molecule has 0 aliphatic carbocycles. The molecule has 0 heterocycles. The Kier molecular flexibility index (Phi) is 7.28. The fourth-order valence-electron chi connectivity index (χ4n) is 3.40. The van der Waals surface area contributed by atoms with E-state index in [9.17, 15) is 0 Å². The van der Waals surface area contributed by atoms with Crippen molar-refractivity contribution >= 4 is 9.03 Å². The summed E-state index contributed by atoms with van der Waals surface area (Å²) in [4.78, 5) is 0. The molecule has 0 spiro atoms. The maximum absolute atomic E-state index is 6.00. The lowest BCUT2D eigenvalue weighted by molar-refractivity contribution is 0.406. The standard InChI is InChI=1S/C21H29O3P/c1-7-8-17-10-15(3)12-19(21(17)24-25-23-6)13-18-11-14(2)9-16(4)20(18)22-5/h9-12,25H,7-8,13H2,1-6H3. The molecule has 2 rings (SSSR count). The van der Waals surface area contributed by atoms with Gasteiger partial charge in [-0.15, -0.1) is 0 Å². The molecule has 0 saturated carbocycles. The maximum atomic E-state index is 6.00. The van der Waals surface area contributed by atoms with Gasteiger partial charge in [-0.05, 0) is 49.4 Å². The molecule has 0 aromatic heterocycles. The molecule has 2 aromatic rings. The van der Waals surface area contributed by atoms with Crippen molar-refractivity contribution in [3.05, 3.63) is 57.6 Å². The Bertz CT molecular complexity index is 726. The molecule has 0 amide bonds. The molecule has 25 heavy (non-hydrogen) atoms. The molecule has 1 unspecified atom stereocenters. The van der Waals surface area contributed by atoms with Crippen LogP contribution in [0.1, 0.15) is 46.7 Å². The maximum Gasteiger partial charge on any atom is 0.215 e. The van der Waals surface area contributed by atoms with Gasteiger partial charge in [-0.1, -0.05) is 48.7 Å². The molecule has 0 N–H and O–H groups in total. The minimum Gasteiger partial charge on any atom is -0.496 e. The van der Waals surface area contributed by atoms with Gasteiger partial charge in [-0.25, -0.2) is 0 Å². The lowest BCUT2D eigenvalue weighted by atomic mass is 9.94. The van der Waals surface area contributed by atoms with Crippen LogP contribution in [0.2, 0.25) is 0 Å². The number of methoxy groups -OCH3 is 1. The summed E-state index contributed by atoms with van der Waals surface area (Å²) in [5.41, 5.74) is 7.31. The quantitative estimate of drug-likeness (QED) is 0.565. The molecule has 136 valence electrons. The molecule has 4 heteroatoms. The van der Waals surface area contributed by atoms with E-state index >= 15 is 0 Å². The second kappa shape index (κ2) is 9.22. The first-order chi connectivity index (χ1) is 12.0. The Hall–Kier alpha value is -1.57. The topological polar surface area (TPSA) is 27.7 Å². The number of benzene rings is 2. The number of rotatable bonds is 8. The van der Waals surface area contributed by atoms with Crippen molar-refractivity contribution in [3.8, 4) is 11.5 Å². The molecule has 0 fully saturated rings. The van der Waals surface area contributed by atoms with Crippen LogP contribution in [0.25, 0.3) is 0 Å². The first-order valence-electron chi connectivity index (χ1n) is 8.71. The van der Waals surface area contributed by atoms with Gasteiger partial charge >= 0.3 is 0 Å². The SMILES string of the molecule is CCCc1cc(C)cc(Cc2cc(C)cc(C)c2OC)c1OPOC. The second-order valence-electron chi connectivity index (χ2n) is 6.50. The molecule has 1 atom stereocenters. The first-order valence-corrected chi connectivity index (χ1v) is 9.53. The Morgan fingerprint density at radius 1 is 0.840 bits per heavy atom. The summed E-state index contributed by atoms with van der Waals surface area (Å²) >= 11 is 0. The highest BCUT2D eigenvalue weighted by molar-refractivity contribution is 7.26. The minimum atomic E-state index is 0.00862. The van der Waals surface area contributed by atoms with Crippen molar-refractivity contribution in [2.45, 2.75) is 47.0 Å². The summed E-state index contributed by atoms with van der Waals surface area (Å²) in [7, 11) is 3.41. The van der Waals surface area contributed by atoms with Crippen LogP contribution >= 0.6 is 9.03 Å². The van der Waals surface area contributed by atoms with Crippen LogP contribution in [0, 0.1) is 20.8 Å². The zero-order chi connectivity index (χ0) is 18.4. The van der Waals surface area contributed by atoms with Crippen LogP contribution in [-0.2, 0) is 17.4 Å². The molecule has 0 bridgehead atoms. The highest BCUT2D eigenvalue weighted by Crippen LogP contribution is 2.36. The third-order valence-corrected chi connectivity index (χ3v) is 4.67. The fourth-order valence-corrected chi connectivity index (χ4v) is 3.83. The van der Waals surface area contributed by atoms with Crippen molar-refractivity contribution in [3.63, 3.8) is 0 Å². The van der Waals surface area contributed by atoms with E-state index in [1.54, 1.807) is 14.2 Å². The van der Waals surface area contributed by atoms with Gasteiger partial charge in [-0.3, -0.25) is 0 Å². The average Bonchev–Trinajstić information content (AvgIpc) is 2.54. The summed E-state index contributed by atoms with van der Waals surface area (Å²) in [6.45, 7) is 8.55. The van der Waals surface area contributed by atoms with E-state index in [1.807, 2.05) is 0 Å². The van der Waals surface area contributed by atoms with E-state index in [0.717, 1.165) is 30.8 Å². The first kappa shape index (κ1) is 19.8. The third kappa shape index (κ3) is 4.96. The number of hydrogen-bond acceptors (Lipinski definition) is 3. The van der Waals surface area contributed by atoms with E-state index in [-0.39, 0.29) is 9.03 Å². The monoisotopic (exact) mass is 360 g/mol. The zero-order valence-corrected chi connectivity index (χ0v) is 17.2. The second-order valence-corrected chi connectivity index (χ2v) is 7.28. The molecule has 0 aliphatic rings. The molecule has 0 saturated heterocycles. The van der Waals surface area contributed by atoms with Crippen LogP contribution in [0.4, 0.5) is 0 Å². The largest absolute Gasteiger partial charge is 0.496 e. The summed E-state index contributed by atoms with van der Waals surface area (Å²) in [6.07, 6.45) is 2.87. The van der Waals surface area contributed by atoms with Gasteiger partial charge in [0.1, 0.15) is 11.5 Å². The van der Waals surface area contributed by atoms with Gasteiger partial charge in [0.15, 0.2) is 0 Å². The van der Waals surface area contributed by atoms with Crippen molar-refractivity contribution in [1.29, 1.82) is 0 Å². The normalized spacial score (nSPS) is 11.3. The van der Waals surface area contributed by atoms with Crippen LogP contribution < -0.4 is 9.26 Å². The van der Waals surface area contributed by atoms with Gasteiger partial charge in [0.25, 0.3) is 0 Å². The smallest absolute Gasteiger partial charge is 0.215 e. The Morgan fingerprint density at radius 3 is 2.04 bits per heavy atom. The Labute approximate surface area is 153 Å². The van der Waals surface area contributed by atoms with E-state index in [2.05, 4.69) is 52.0 Å². The lowest BCUT2D eigenvalue weighted by Crippen LogP contribution is -2.02. The Balaban J connectivity index is 2.51. The lowest BCUT2D eigenvalue weighted by Gasteiger charge is -2.18. The van der Waals surface area contributed by atoms with Crippen LogP contribution in [-0.4, -0.2) is 14.2 Å². The summed E-state index contributed by atoms with van der Waals surface area (Å²) < 4.78 is 16.8. The number of hydrogen-bond donors (Lipinski definition) is 0. The van der Waals surface area contributed by atoms with E-state index in [0.29, 0.717) is 0 Å². The summed E-state index contributed by atoms with van der Waals surface area (Å²) in [5, 5.41) is 0. The number of ether oxygens (including phenoxy) is 1. The molecule has 3 nitrogen and oxygen atoms in total. The molecule has 0 radical (unpaired) electrons. The van der Waals surface area contributed by atoms with Crippen molar-refractivity contribution in [2.24, 2.45) is 0 Å². The van der Waals surface area contributed by atoms with Gasteiger partial charge in [0.2, 0.25) is 9.03 Å². The van der Waals surface area contributed by atoms with Gasteiger partial charge in [0.05, 0.1) is 7.11 Å². The highest BCUT2D eigenvalue weighted by atomic mass is 31.1. The van der Waals surface area contributed by atoms with E-state index < -0.39 is 0 Å². The summed E-state index contributed by atoms with van der Waals surface area (Å²) in [5.74, 6) is 1.93. The fraction of sp³-hybridized carbons (Fsp3) is 0.429. The van der Waals surface area contributed by atoms with Gasteiger partial charge in [-0.2, -0.15) is 0 Å². The van der Waals surface area contributed by atoms with Crippen LogP contribution in [0.3, 0.4) is 0 Å². The number of aryl methyl sites for hydroxylation is 4. The predicted octanol–water partition coefficient (Wildman–Crippen LogP) is 5.70. The third-order valence-electron chi connectivity index (χ3n) is 4.21. The Morgan fingerprint density at radius 2 is 1.44 bits per heavy atom. The highest BCUT2D eigenvalue weighted by Gasteiger charge is 2.15. The average molecular weight is 360 g/mol. The van der Waals surface area contributed by atoms with Crippen LogP contribution in [0.5, 0.6) is 11.5 Å². The van der Waals surface area contributed by atoms with Gasteiger partial charge < -0.3 is 13.8 Å². The van der Waals surface area contributed by atoms with Crippen molar-refractivity contribution in [1.82, 2.24) is 0 Å². The zero-order valence-electron chi connectivity index (χ0n) is 16.2. The molecular formula is C21H29O3P. The molecule has 2 aromatic carbocycles. The van der Waals surface area contributed by atoms with Crippen molar-refractivity contribution < 1.29 is 13.8 Å². The van der Waals surface area contributed by atoms with Crippen molar-refractivity contribution in [2.75, 3.05) is 14.2 Å².